The Morgan fingerprint density at radius 1 is 1.41 bits per heavy atom. The summed E-state index contributed by atoms with van der Waals surface area (Å²) < 4.78 is 5.86. The summed E-state index contributed by atoms with van der Waals surface area (Å²) in [5.74, 6) is 0.769. The molecule has 0 aliphatic carbocycles. The molecule has 17 heavy (non-hydrogen) atoms. The van der Waals surface area contributed by atoms with E-state index in [9.17, 15) is 10.1 Å². The molecule has 0 atom stereocenters. The van der Waals surface area contributed by atoms with E-state index in [1.54, 1.807) is 12.1 Å². The summed E-state index contributed by atoms with van der Waals surface area (Å²) in [6.45, 7) is 3.97. The van der Waals surface area contributed by atoms with E-state index in [0.717, 1.165) is 17.0 Å². The van der Waals surface area contributed by atoms with Crippen LogP contribution in [0.3, 0.4) is 0 Å². The van der Waals surface area contributed by atoms with Crippen LogP contribution in [0.25, 0.3) is 0 Å². The molecule has 0 spiro atoms. The van der Waals surface area contributed by atoms with Gasteiger partial charge < -0.3 is 9.64 Å². The van der Waals surface area contributed by atoms with Crippen LogP contribution < -0.4 is 9.64 Å². The SMILES string of the molecule is CN(C)c1cc([N+](=O)[O-])cc2c1OC(C)(C)C2. The van der Waals surface area contributed by atoms with Crippen LogP contribution in [0.15, 0.2) is 12.1 Å². The third kappa shape index (κ3) is 2.05. The first-order chi connectivity index (χ1) is 7.80. The minimum Gasteiger partial charge on any atom is -0.485 e. The van der Waals surface area contributed by atoms with Crippen LogP contribution in [0.1, 0.15) is 19.4 Å². The minimum atomic E-state index is -0.362. The quantitative estimate of drug-likeness (QED) is 0.584. The maximum absolute atomic E-state index is 10.9. The molecule has 5 nitrogen and oxygen atoms in total. The highest BCUT2D eigenvalue weighted by molar-refractivity contribution is 5.67. The summed E-state index contributed by atoms with van der Waals surface area (Å²) in [6, 6.07) is 3.16. The van der Waals surface area contributed by atoms with Crippen LogP contribution in [0.2, 0.25) is 0 Å². The fraction of sp³-hybridized carbons (Fsp3) is 0.500. The molecule has 1 aliphatic heterocycles. The molecule has 1 aliphatic rings. The summed E-state index contributed by atoms with van der Waals surface area (Å²) in [5, 5.41) is 10.9. The average Bonchev–Trinajstić information content (AvgIpc) is 2.49. The third-order valence-electron chi connectivity index (χ3n) is 2.82. The zero-order valence-corrected chi connectivity index (χ0v) is 10.5. The van der Waals surface area contributed by atoms with Crippen LogP contribution in [0, 0.1) is 10.1 Å². The van der Waals surface area contributed by atoms with Gasteiger partial charge in [0.2, 0.25) is 0 Å². The lowest BCUT2D eigenvalue weighted by Crippen LogP contribution is -2.25. The van der Waals surface area contributed by atoms with Gasteiger partial charge in [0.05, 0.1) is 10.6 Å². The second kappa shape index (κ2) is 3.61. The Morgan fingerprint density at radius 2 is 2.06 bits per heavy atom. The molecule has 0 aromatic heterocycles. The predicted molar refractivity (Wildman–Crippen MR) is 65.8 cm³/mol. The topological polar surface area (TPSA) is 55.6 Å². The first-order valence-corrected chi connectivity index (χ1v) is 5.48. The molecule has 1 aromatic rings. The molecule has 0 amide bonds. The number of non-ortho nitro benzene ring substituents is 1. The van der Waals surface area contributed by atoms with Crippen molar-refractivity contribution < 1.29 is 9.66 Å². The van der Waals surface area contributed by atoms with Crippen molar-refractivity contribution in [2.24, 2.45) is 0 Å². The van der Waals surface area contributed by atoms with Crippen molar-refractivity contribution in [1.82, 2.24) is 0 Å². The van der Waals surface area contributed by atoms with Crippen LogP contribution in [-0.2, 0) is 6.42 Å². The summed E-state index contributed by atoms with van der Waals surface area (Å²) in [4.78, 5) is 12.4. The summed E-state index contributed by atoms with van der Waals surface area (Å²) in [7, 11) is 3.71. The molecule has 0 N–H and O–H groups in total. The van der Waals surface area contributed by atoms with Gasteiger partial charge in [0.25, 0.3) is 5.69 Å². The zero-order valence-electron chi connectivity index (χ0n) is 10.5. The molecule has 5 heteroatoms. The van der Waals surface area contributed by atoms with Gasteiger partial charge in [-0.3, -0.25) is 10.1 Å². The molecule has 0 unspecified atom stereocenters. The Labute approximate surface area is 100 Å². The molecule has 2 rings (SSSR count). The second-order valence-corrected chi connectivity index (χ2v) is 5.14. The van der Waals surface area contributed by atoms with Crippen molar-refractivity contribution >= 4 is 11.4 Å². The highest BCUT2D eigenvalue weighted by Gasteiger charge is 2.34. The maximum Gasteiger partial charge on any atom is 0.272 e. The number of hydrogen-bond acceptors (Lipinski definition) is 4. The van der Waals surface area contributed by atoms with Gasteiger partial charge in [-0.1, -0.05) is 0 Å². The molecule has 1 aromatic carbocycles. The normalized spacial score (nSPS) is 16.2. The van der Waals surface area contributed by atoms with Gasteiger partial charge in [-0.05, 0) is 13.8 Å². The number of nitro benzene ring substituents is 1. The number of nitrogens with zero attached hydrogens (tertiary/aromatic N) is 2. The smallest absolute Gasteiger partial charge is 0.272 e. The van der Waals surface area contributed by atoms with E-state index in [1.807, 2.05) is 32.8 Å². The third-order valence-corrected chi connectivity index (χ3v) is 2.82. The van der Waals surface area contributed by atoms with Crippen LogP contribution >= 0.6 is 0 Å². The molecule has 92 valence electrons. The van der Waals surface area contributed by atoms with E-state index in [2.05, 4.69) is 0 Å². The van der Waals surface area contributed by atoms with Crippen LogP contribution in [-0.4, -0.2) is 24.6 Å². The Bertz CT molecular complexity index is 481. The maximum atomic E-state index is 10.9. The number of anilines is 1. The predicted octanol–water partition coefficient (Wildman–Crippen LogP) is 2.37. The lowest BCUT2D eigenvalue weighted by Gasteiger charge is -2.20. The fourth-order valence-corrected chi connectivity index (χ4v) is 2.11. The van der Waals surface area contributed by atoms with Crippen LogP contribution in [0.5, 0.6) is 5.75 Å². The Morgan fingerprint density at radius 3 is 2.59 bits per heavy atom. The molecule has 0 bridgehead atoms. The molecule has 1 heterocycles. The van der Waals surface area contributed by atoms with Gasteiger partial charge in [-0.15, -0.1) is 0 Å². The van der Waals surface area contributed by atoms with Crippen molar-refractivity contribution in [2.75, 3.05) is 19.0 Å². The molecular formula is C12H16N2O3. The number of fused-ring (bicyclic) bond motifs is 1. The molecule has 0 saturated carbocycles. The van der Waals surface area contributed by atoms with Crippen molar-refractivity contribution in [1.29, 1.82) is 0 Å². The van der Waals surface area contributed by atoms with Crippen molar-refractivity contribution in [3.63, 3.8) is 0 Å². The van der Waals surface area contributed by atoms with Gasteiger partial charge in [0.15, 0.2) is 0 Å². The van der Waals surface area contributed by atoms with Gasteiger partial charge in [-0.25, -0.2) is 0 Å². The van der Waals surface area contributed by atoms with Crippen molar-refractivity contribution in [2.45, 2.75) is 25.9 Å². The largest absolute Gasteiger partial charge is 0.485 e. The van der Waals surface area contributed by atoms with E-state index >= 15 is 0 Å². The number of benzene rings is 1. The van der Waals surface area contributed by atoms with Crippen molar-refractivity contribution in [3.05, 3.63) is 27.8 Å². The summed E-state index contributed by atoms with van der Waals surface area (Å²) in [5.41, 5.74) is 1.50. The molecule has 0 fully saturated rings. The first-order valence-electron chi connectivity index (χ1n) is 5.48. The first kappa shape index (κ1) is 11.7. The van der Waals surface area contributed by atoms with E-state index < -0.39 is 0 Å². The Hall–Kier alpha value is -1.78. The Balaban J connectivity index is 2.58. The second-order valence-electron chi connectivity index (χ2n) is 5.14. The highest BCUT2D eigenvalue weighted by atomic mass is 16.6. The summed E-state index contributed by atoms with van der Waals surface area (Å²) in [6.07, 6.45) is 0.699. The number of hydrogen-bond donors (Lipinski definition) is 0. The van der Waals surface area contributed by atoms with E-state index in [1.165, 1.54) is 0 Å². The standard InChI is InChI=1S/C12H16N2O3/c1-12(2)7-8-5-9(14(15)16)6-10(13(3)4)11(8)17-12/h5-6H,7H2,1-4H3. The van der Waals surface area contributed by atoms with Crippen LogP contribution in [0.4, 0.5) is 11.4 Å². The Kier molecular flexibility index (Phi) is 2.49. The fourth-order valence-electron chi connectivity index (χ4n) is 2.11. The van der Waals surface area contributed by atoms with E-state index in [4.69, 9.17) is 4.74 Å². The van der Waals surface area contributed by atoms with Gasteiger partial charge >= 0.3 is 0 Å². The number of rotatable bonds is 2. The molecule has 0 saturated heterocycles. The number of nitro groups is 1. The minimum absolute atomic E-state index is 0.119. The highest BCUT2D eigenvalue weighted by Crippen LogP contribution is 2.43. The van der Waals surface area contributed by atoms with Gasteiger partial charge in [0, 0.05) is 38.2 Å². The van der Waals surface area contributed by atoms with E-state index in [-0.39, 0.29) is 16.2 Å². The van der Waals surface area contributed by atoms with E-state index in [0.29, 0.717) is 6.42 Å². The number of ether oxygens (including phenoxy) is 1. The molecular weight excluding hydrogens is 220 g/mol. The summed E-state index contributed by atoms with van der Waals surface area (Å²) >= 11 is 0. The lowest BCUT2D eigenvalue weighted by atomic mass is 10.0. The van der Waals surface area contributed by atoms with Crippen molar-refractivity contribution in [3.8, 4) is 5.75 Å². The van der Waals surface area contributed by atoms with Gasteiger partial charge in [-0.2, -0.15) is 0 Å². The lowest BCUT2D eigenvalue weighted by molar-refractivity contribution is -0.384. The monoisotopic (exact) mass is 236 g/mol. The average molecular weight is 236 g/mol. The molecule has 0 radical (unpaired) electrons. The zero-order chi connectivity index (χ0) is 12.8. The van der Waals surface area contributed by atoms with Gasteiger partial charge in [0.1, 0.15) is 11.4 Å².